The van der Waals surface area contributed by atoms with Crippen molar-refractivity contribution >= 4 is 0 Å². The van der Waals surface area contributed by atoms with Crippen LogP contribution in [0.3, 0.4) is 0 Å². The lowest BCUT2D eigenvalue weighted by atomic mass is 9.93. The topological polar surface area (TPSA) is 41.5 Å². The van der Waals surface area contributed by atoms with Gasteiger partial charge in [0, 0.05) is 12.6 Å². The predicted octanol–water partition coefficient (Wildman–Crippen LogP) is 1.94. The van der Waals surface area contributed by atoms with Crippen molar-refractivity contribution in [1.82, 2.24) is 5.32 Å². The molecule has 96 valence electrons. The molecule has 0 unspecified atom stereocenters. The molecule has 0 amide bonds. The van der Waals surface area contributed by atoms with Crippen LogP contribution < -0.4 is 5.32 Å². The van der Waals surface area contributed by atoms with Gasteiger partial charge in [0.05, 0.1) is 19.8 Å². The molecule has 1 rings (SSSR count). The molecule has 3 heteroatoms. The van der Waals surface area contributed by atoms with Crippen molar-refractivity contribution in [3.8, 4) is 0 Å². The van der Waals surface area contributed by atoms with E-state index in [4.69, 9.17) is 9.84 Å². The molecule has 0 aromatic carbocycles. The Labute approximate surface area is 99.6 Å². The molecule has 0 heterocycles. The molecule has 16 heavy (non-hydrogen) atoms. The number of hydrogen-bond donors (Lipinski definition) is 2. The Balaban J connectivity index is 2.05. The van der Waals surface area contributed by atoms with Gasteiger partial charge in [-0.15, -0.1) is 0 Å². The number of aliphatic hydroxyl groups is 1. The van der Waals surface area contributed by atoms with E-state index < -0.39 is 0 Å². The standard InChI is InChI=1S/C13H27NO2/c1-12(14-8-10-16-11-9-15)13-6-4-2-3-5-7-13/h12-15H,2-11H2,1H3/t12-/m0/s1. The summed E-state index contributed by atoms with van der Waals surface area (Å²) in [6.07, 6.45) is 8.40. The van der Waals surface area contributed by atoms with Gasteiger partial charge in [0.1, 0.15) is 0 Å². The number of ether oxygens (including phenoxy) is 1. The van der Waals surface area contributed by atoms with Crippen molar-refractivity contribution in [2.24, 2.45) is 5.92 Å². The fourth-order valence-electron chi connectivity index (χ4n) is 2.50. The van der Waals surface area contributed by atoms with Crippen molar-refractivity contribution in [1.29, 1.82) is 0 Å². The summed E-state index contributed by atoms with van der Waals surface area (Å²) in [4.78, 5) is 0. The molecular formula is C13H27NO2. The van der Waals surface area contributed by atoms with Crippen LogP contribution in [0.1, 0.15) is 45.4 Å². The van der Waals surface area contributed by atoms with Gasteiger partial charge in [0.15, 0.2) is 0 Å². The second kappa shape index (κ2) is 8.97. The Morgan fingerprint density at radius 1 is 1.19 bits per heavy atom. The SMILES string of the molecule is C[C@H](NCCOCCO)C1CCCCCC1. The maximum Gasteiger partial charge on any atom is 0.0698 e. The summed E-state index contributed by atoms with van der Waals surface area (Å²) in [5, 5.41) is 12.1. The van der Waals surface area contributed by atoms with Crippen molar-refractivity contribution in [3.63, 3.8) is 0 Å². The highest BCUT2D eigenvalue weighted by Gasteiger charge is 2.18. The van der Waals surface area contributed by atoms with Crippen LogP contribution in [0, 0.1) is 5.92 Å². The second-order valence-corrected chi connectivity index (χ2v) is 4.83. The van der Waals surface area contributed by atoms with Gasteiger partial charge in [0.25, 0.3) is 0 Å². The Bertz CT molecular complexity index is 156. The first kappa shape index (κ1) is 13.9. The van der Waals surface area contributed by atoms with Gasteiger partial charge in [-0.05, 0) is 25.7 Å². The zero-order valence-corrected chi connectivity index (χ0v) is 10.6. The maximum atomic E-state index is 8.56. The minimum absolute atomic E-state index is 0.123. The van der Waals surface area contributed by atoms with Crippen molar-refractivity contribution in [2.45, 2.75) is 51.5 Å². The lowest BCUT2D eigenvalue weighted by Crippen LogP contribution is -2.35. The second-order valence-electron chi connectivity index (χ2n) is 4.83. The number of hydrogen-bond acceptors (Lipinski definition) is 3. The Morgan fingerprint density at radius 3 is 2.50 bits per heavy atom. The van der Waals surface area contributed by atoms with Crippen LogP contribution in [0.2, 0.25) is 0 Å². The number of aliphatic hydroxyl groups excluding tert-OH is 1. The molecule has 0 radical (unpaired) electrons. The van der Waals surface area contributed by atoms with Gasteiger partial charge in [-0.1, -0.05) is 25.7 Å². The molecule has 0 spiro atoms. The Morgan fingerprint density at radius 2 is 1.88 bits per heavy atom. The van der Waals surface area contributed by atoms with E-state index in [0.717, 1.165) is 12.5 Å². The van der Waals surface area contributed by atoms with Crippen LogP contribution in [-0.4, -0.2) is 37.5 Å². The predicted molar refractivity (Wildman–Crippen MR) is 66.6 cm³/mol. The van der Waals surface area contributed by atoms with Crippen LogP contribution in [0.4, 0.5) is 0 Å². The average Bonchev–Trinajstić information content (AvgIpc) is 2.57. The summed E-state index contributed by atoms with van der Waals surface area (Å²) >= 11 is 0. The number of nitrogens with one attached hydrogen (secondary N) is 1. The first-order chi connectivity index (χ1) is 7.84. The van der Waals surface area contributed by atoms with Gasteiger partial charge in [-0.25, -0.2) is 0 Å². The Kier molecular flexibility index (Phi) is 7.81. The van der Waals surface area contributed by atoms with Crippen LogP contribution >= 0.6 is 0 Å². The summed E-state index contributed by atoms with van der Waals surface area (Å²) in [6.45, 7) is 4.48. The van der Waals surface area contributed by atoms with E-state index in [-0.39, 0.29) is 6.61 Å². The van der Waals surface area contributed by atoms with Crippen LogP contribution in [0.25, 0.3) is 0 Å². The van der Waals surface area contributed by atoms with Crippen LogP contribution in [0.15, 0.2) is 0 Å². The molecule has 0 aliphatic heterocycles. The fraction of sp³-hybridized carbons (Fsp3) is 1.00. The first-order valence-electron chi connectivity index (χ1n) is 6.76. The van der Waals surface area contributed by atoms with Gasteiger partial charge in [-0.3, -0.25) is 0 Å². The lowest BCUT2D eigenvalue weighted by molar-refractivity contribution is 0.0915. The summed E-state index contributed by atoms with van der Waals surface area (Å²) in [7, 11) is 0. The smallest absolute Gasteiger partial charge is 0.0698 e. The molecule has 0 bridgehead atoms. The maximum absolute atomic E-state index is 8.56. The molecule has 2 N–H and O–H groups in total. The van der Waals surface area contributed by atoms with Gasteiger partial charge in [0.2, 0.25) is 0 Å². The summed E-state index contributed by atoms with van der Waals surface area (Å²) in [6, 6.07) is 0.607. The van der Waals surface area contributed by atoms with Gasteiger partial charge >= 0.3 is 0 Å². The summed E-state index contributed by atoms with van der Waals surface area (Å²) in [5.74, 6) is 0.848. The molecule has 3 nitrogen and oxygen atoms in total. The molecule has 1 fully saturated rings. The van der Waals surface area contributed by atoms with E-state index >= 15 is 0 Å². The van der Waals surface area contributed by atoms with E-state index in [1.807, 2.05) is 0 Å². The highest BCUT2D eigenvalue weighted by molar-refractivity contribution is 4.74. The third-order valence-corrected chi connectivity index (χ3v) is 3.56. The third kappa shape index (κ3) is 5.83. The molecule has 0 aromatic heterocycles. The van der Waals surface area contributed by atoms with Crippen molar-refractivity contribution < 1.29 is 9.84 Å². The molecule has 1 saturated carbocycles. The average molecular weight is 229 g/mol. The lowest BCUT2D eigenvalue weighted by Gasteiger charge is -2.23. The molecule has 0 aromatic rings. The van der Waals surface area contributed by atoms with Gasteiger partial charge in [-0.2, -0.15) is 0 Å². The Hall–Kier alpha value is -0.120. The zero-order valence-electron chi connectivity index (χ0n) is 10.6. The minimum atomic E-state index is 0.123. The van der Waals surface area contributed by atoms with E-state index in [2.05, 4.69) is 12.2 Å². The number of rotatable bonds is 7. The first-order valence-corrected chi connectivity index (χ1v) is 6.76. The summed E-state index contributed by atoms with van der Waals surface area (Å²) in [5.41, 5.74) is 0. The molecule has 1 atom stereocenters. The fourth-order valence-corrected chi connectivity index (χ4v) is 2.50. The van der Waals surface area contributed by atoms with Gasteiger partial charge < -0.3 is 15.2 Å². The third-order valence-electron chi connectivity index (χ3n) is 3.56. The largest absolute Gasteiger partial charge is 0.394 e. The van der Waals surface area contributed by atoms with Crippen molar-refractivity contribution in [3.05, 3.63) is 0 Å². The molecule has 0 saturated heterocycles. The van der Waals surface area contributed by atoms with E-state index in [1.54, 1.807) is 0 Å². The zero-order chi connectivity index (χ0) is 11.6. The van der Waals surface area contributed by atoms with Crippen LogP contribution in [-0.2, 0) is 4.74 Å². The molecule has 1 aliphatic rings. The van der Waals surface area contributed by atoms with E-state index in [1.165, 1.54) is 38.5 Å². The highest BCUT2D eigenvalue weighted by Crippen LogP contribution is 2.25. The monoisotopic (exact) mass is 229 g/mol. The molecule has 1 aliphatic carbocycles. The van der Waals surface area contributed by atoms with Crippen LogP contribution in [0.5, 0.6) is 0 Å². The normalized spacial score (nSPS) is 20.6. The molecular weight excluding hydrogens is 202 g/mol. The summed E-state index contributed by atoms with van der Waals surface area (Å²) < 4.78 is 5.23. The van der Waals surface area contributed by atoms with E-state index in [9.17, 15) is 0 Å². The minimum Gasteiger partial charge on any atom is -0.394 e. The quantitative estimate of drug-likeness (QED) is 0.518. The van der Waals surface area contributed by atoms with Crippen molar-refractivity contribution in [2.75, 3.05) is 26.4 Å². The van der Waals surface area contributed by atoms with E-state index in [0.29, 0.717) is 19.3 Å². The highest BCUT2D eigenvalue weighted by atomic mass is 16.5.